The quantitative estimate of drug-likeness (QED) is 0.361. The van der Waals surface area contributed by atoms with Crippen LogP contribution >= 0.6 is 23.2 Å². The van der Waals surface area contributed by atoms with Crippen LogP contribution in [0, 0.1) is 11.2 Å². The fourth-order valence-corrected chi connectivity index (χ4v) is 8.30. The van der Waals surface area contributed by atoms with Crippen molar-refractivity contribution in [2.75, 3.05) is 11.6 Å². The number of rotatable bonds is 6. The van der Waals surface area contributed by atoms with Crippen molar-refractivity contribution in [2.45, 2.75) is 88.4 Å². The third kappa shape index (κ3) is 5.93. The average Bonchev–Trinajstić information content (AvgIpc) is 3.35. The summed E-state index contributed by atoms with van der Waals surface area (Å²) in [6.07, 6.45) is 3.98. The highest BCUT2D eigenvalue weighted by Gasteiger charge is 2.66. The molecular weight excluding hydrogens is 602 g/mol. The van der Waals surface area contributed by atoms with Crippen LogP contribution < -0.4 is 20.7 Å². The number of nitrogens with one attached hydrogen (secondary N) is 4. The number of benzene rings is 2. The van der Waals surface area contributed by atoms with Crippen LogP contribution in [0.15, 0.2) is 36.4 Å². The number of fused-ring (bicyclic) bond motifs is 2. The van der Waals surface area contributed by atoms with Crippen molar-refractivity contribution < 1.29 is 22.4 Å². The lowest BCUT2D eigenvalue weighted by Gasteiger charge is -2.38. The van der Waals surface area contributed by atoms with Crippen LogP contribution in [0.1, 0.15) is 69.9 Å². The molecule has 5 rings (SSSR count). The Morgan fingerprint density at radius 2 is 1.76 bits per heavy atom. The van der Waals surface area contributed by atoms with Crippen LogP contribution in [-0.4, -0.2) is 50.7 Å². The van der Waals surface area contributed by atoms with Gasteiger partial charge >= 0.3 is 0 Å². The summed E-state index contributed by atoms with van der Waals surface area (Å²) in [6.45, 7) is 6.18. The Labute approximate surface area is 256 Å². The van der Waals surface area contributed by atoms with E-state index in [0.29, 0.717) is 48.4 Å². The Bertz CT molecular complexity index is 1510. The summed E-state index contributed by atoms with van der Waals surface area (Å²) in [4.78, 5) is 28.3. The van der Waals surface area contributed by atoms with Gasteiger partial charge < -0.3 is 16.0 Å². The molecule has 0 aromatic heterocycles. The monoisotopic (exact) mass is 638 g/mol. The van der Waals surface area contributed by atoms with Gasteiger partial charge in [0.25, 0.3) is 0 Å². The zero-order chi connectivity index (χ0) is 30.6. The Morgan fingerprint density at radius 1 is 1.10 bits per heavy atom. The molecule has 1 aliphatic carbocycles. The summed E-state index contributed by atoms with van der Waals surface area (Å²) in [5.74, 6) is -2.25. The van der Waals surface area contributed by atoms with E-state index in [-0.39, 0.29) is 39.9 Å². The van der Waals surface area contributed by atoms with Crippen LogP contribution in [0.3, 0.4) is 0 Å². The third-order valence-corrected chi connectivity index (χ3v) is 9.96. The van der Waals surface area contributed by atoms with E-state index < -0.39 is 39.3 Å². The first-order valence-electron chi connectivity index (χ1n) is 14.2. The van der Waals surface area contributed by atoms with Crippen molar-refractivity contribution in [3.05, 3.63) is 63.4 Å². The fraction of sp³-hybridized carbons (Fsp3) is 0.533. The van der Waals surface area contributed by atoms with E-state index >= 15 is 4.39 Å². The molecule has 4 unspecified atom stereocenters. The smallest absolute Gasteiger partial charge is 0.238 e. The maximum atomic E-state index is 15.9. The Morgan fingerprint density at radius 3 is 2.40 bits per heavy atom. The summed E-state index contributed by atoms with van der Waals surface area (Å²) in [6, 6.07) is 8.00. The Kier molecular flexibility index (Phi) is 8.43. The number of sulfonamides is 1. The van der Waals surface area contributed by atoms with Gasteiger partial charge in [0.1, 0.15) is 11.2 Å². The zero-order valence-corrected chi connectivity index (χ0v) is 26.4. The molecule has 2 fully saturated rings. The molecule has 42 heavy (non-hydrogen) atoms. The van der Waals surface area contributed by atoms with E-state index in [0.717, 1.165) is 6.26 Å². The second kappa shape index (κ2) is 11.4. The number of amides is 2. The highest BCUT2D eigenvalue weighted by Crippen LogP contribution is 2.57. The van der Waals surface area contributed by atoms with Crippen molar-refractivity contribution in [3.63, 3.8) is 0 Å². The maximum absolute atomic E-state index is 15.9. The van der Waals surface area contributed by atoms with E-state index in [2.05, 4.69) is 41.4 Å². The Hall–Kier alpha value is -2.24. The lowest BCUT2D eigenvalue weighted by molar-refractivity contribution is -0.124. The largest absolute Gasteiger partial charge is 0.352 e. The summed E-state index contributed by atoms with van der Waals surface area (Å²) >= 11 is 12.6. The second-order valence-corrected chi connectivity index (χ2v) is 15.7. The first-order chi connectivity index (χ1) is 19.6. The summed E-state index contributed by atoms with van der Waals surface area (Å²) in [5, 5.41) is 9.95. The third-order valence-electron chi connectivity index (χ3n) is 8.68. The number of halogens is 3. The zero-order valence-electron chi connectivity index (χ0n) is 24.1. The molecule has 12 heteroatoms. The van der Waals surface area contributed by atoms with E-state index in [9.17, 15) is 18.0 Å². The van der Waals surface area contributed by atoms with Gasteiger partial charge in [-0.25, -0.2) is 17.5 Å². The number of anilines is 1. The van der Waals surface area contributed by atoms with Crippen molar-refractivity contribution in [1.82, 2.24) is 15.4 Å². The molecule has 0 bridgehead atoms. The lowest BCUT2D eigenvalue weighted by Crippen LogP contribution is -2.50. The molecule has 4 N–H and O–H groups in total. The van der Waals surface area contributed by atoms with Crippen LogP contribution in [0.5, 0.6) is 0 Å². The number of carbonyl (C=O) groups is 2. The first kappa shape index (κ1) is 31.2. The molecule has 228 valence electrons. The maximum Gasteiger partial charge on any atom is 0.238 e. The predicted molar refractivity (Wildman–Crippen MR) is 163 cm³/mol. The molecule has 1 spiro atoms. The van der Waals surface area contributed by atoms with Crippen LogP contribution in [0.4, 0.5) is 10.1 Å². The van der Waals surface area contributed by atoms with Gasteiger partial charge in [-0.2, -0.15) is 0 Å². The molecule has 2 heterocycles. The van der Waals surface area contributed by atoms with Gasteiger partial charge in [-0.1, -0.05) is 62.2 Å². The molecule has 2 amide bonds. The first-order valence-corrected chi connectivity index (χ1v) is 16.8. The topological polar surface area (TPSA) is 116 Å². The average molecular weight is 640 g/mol. The molecule has 2 aromatic rings. The molecule has 3 aliphatic rings. The summed E-state index contributed by atoms with van der Waals surface area (Å²) in [5.41, 5.74) is -0.180. The predicted octanol–water partition coefficient (Wildman–Crippen LogP) is 4.86. The van der Waals surface area contributed by atoms with Crippen molar-refractivity contribution >= 4 is 50.7 Å². The number of hydrogen-bond donors (Lipinski definition) is 4. The second-order valence-electron chi connectivity index (χ2n) is 13.0. The fourth-order valence-electron chi connectivity index (χ4n) is 7.10. The molecule has 0 radical (unpaired) electrons. The number of hydrogen-bond acceptors (Lipinski definition) is 5. The highest BCUT2D eigenvalue weighted by molar-refractivity contribution is 7.88. The van der Waals surface area contributed by atoms with Crippen molar-refractivity contribution in [1.29, 1.82) is 0 Å². The van der Waals surface area contributed by atoms with E-state index in [4.69, 9.17) is 23.2 Å². The Balaban J connectivity index is 1.56. The molecule has 4 atom stereocenters. The molecule has 8 nitrogen and oxygen atoms in total. The van der Waals surface area contributed by atoms with E-state index in [1.807, 2.05) is 0 Å². The van der Waals surface area contributed by atoms with Gasteiger partial charge in [-0.05, 0) is 66.8 Å². The minimum absolute atomic E-state index is 0.0903. The van der Waals surface area contributed by atoms with Crippen LogP contribution in [0.25, 0.3) is 0 Å². The molecule has 1 saturated heterocycles. The van der Waals surface area contributed by atoms with Gasteiger partial charge in [0.2, 0.25) is 21.8 Å². The van der Waals surface area contributed by atoms with Crippen LogP contribution in [-0.2, 0) is 25.0 Å². The SMILES string of the molecule is CC(C)(C)CC1NC(C(=O)NC2CCC(NS(C)(=O)=O)CC2)C(c2cccc(Cl)c2F)C12C(=O)Nc1cc(Cl)ccc12. The summed E-state index contributed by atoms with van der Waals surface area (Å²) < 4.78 is 41.9. The van der Waals surface area contributed by atoms with Gasteiger partial charge in [-0.3, -0.25) is 9.59 Å². The standard InChI is InChI=1S/C30H37Cl2FN4O4S/c1-29(2,3)15-23-30(20-13-8-16(31)14-22(20)35-28(30)39)24(19-6-5-7-21(32)25(19)33)26(36-23)27(38)34-17-9-11-18(12-10-17)37-42(4,40)41/h5-8,13-14,17-18,23-24,26,36-37H,9-12,15H2,1-4H3,(H,34,38)(H,35,39). The van der Waals surface area contributed by atoms with Crippen molar-refractivity contribution in [2.24, 2.45) is 5.41 Å². The van der Waals surface area contributed by atoms with Crippen LogP contribution in [0.2, 0.25) is 10.0 Å². The molecule has 1 saturated carbocycles. The molecular formula is C30H37Cl2FN4O4S. The van der Waals surface area contributed by atoms with Gasteiger partial charge in [0.15, 0.2) is 0 Å². The lowest BCUT2D eigenvalue weighted by atomic mass is 9.62. The molecule has 2 aliphatic heterocycles. The van der Waals surface area contributed by atoms with E-state index in [1.54, 1.807) is 30.3 Å². The van der Waals surface area contributed by atoms with Crippen molar-refractivity contribution in [3.8, 4) is 0 Å². The van der Waals surface area contributed by atoms with Gasteiger partial charge in [0, 0.05) is 34.8 Å². The normalized spacial score (nSPS) is 29.4. The van der Waals surface area contributed by atoms with E-state index in [1.165, 1.54) is 6.07 Å². The highest BCUT2D eigenvalue weighted by atomic mass is 35.5. The minimum Gasteiger partial charge on any atom is -0.352 e. The number of carbonyl (C=O) groups excluding carboxylic acids is 2. The molecule has 2 aromatic carbocycles. The van der Waals surface area contributed by atoms with Gasteiger partial charge in [-0.15, -0.1) is 0 Å². The minimum atomic E-state index is -3.33. The summed E-state index contributed by atoms with van der Waals surface area (Å²) in [7, 11) is -3.33. The van der Waals surface area contributed by atoms with Gasteiger partial charge in [0.05, 0.1) is 17.3 Å².